The van der Waals surface area contributed by atoms with E-state index in [1.807, 2.05) is 0 Å². The molecule has 0 atom stereocenters. The van der Waals surface area contributed by atoms with E-state index in [-0.39, 0.29) is 23.9 Å². The van der Waals surface area contributed by atoms with E-state index in [9.17, 15) is 13.2 Å². The molecular weight excluding hydrogens is 358 g/mol. The molecule has 2 heterocycles. The third-order valence-corrected chi connectivity index (χ3v) is 6.38. The Morgan fingerprint density at radius 1 is 1.12 bits per heavy atom. The number of amides is 1. The van der Waals surface area contributed by atoms with Crippen molar-refractivity contribution >= 4 is 15.9 Å². The molecule has 140 valence electrons. The monoisotopic (exact) mass is 379 g/mol. The minimum absolute atomic E-state index is 0.178. The molecule has 1 aliphatic rings. The quantitative estimate of drug-likeness (QED) is 0.798. The molecule has 0 unspecified atom stereocenters. The zero-order valence-corrected chi connectivity index (χ0v) is 15.7. The number of rotatable bonds is 4. The zero-order chi connectivity index (χ0) is 18.9. The van der Waals surface area contributed by atoms with E-state index >= 15 is 0 Å². The summed E-state index contributed by atoms with van der Waals surface area (Å²) in [6, 6.07) is 6.28. The highest BCUT2D eigenvalue weighted by Crippen LogP contribution is 2.22. The molecule has 0 N–H and O–H groups in total. The Balaban J connectivity index is 1.70. The van der Waals surface area contributed by atoms with Gasteiger partial charge in [0.2, 0.25) is 10.0 Å². The predicted octanol–water partition coefficient (Wildman–Crippen LogP) is 1.45. The van der Waals surface area contributed by atoms with E-state index in [1.54, 1.807) is 30.9 Å². The summed E-state index contributed by atoms with van der Waals surface area (Å²) < 4.78 is 37.0. The summed E-state index contributed by atoms with van der Waals surface area (Å²) in [4.78, 5) is 14.5. The lowest BCUT2D eigenvalue weighted by molar-refractivity contribution is 0.0695. The van der Waals surface area contributed by atoms with Crippen molar-refractivity contribution in [1.82, 2.24) is 14.4 Å². The van der Waals surface area contributed by atoms with Crippen LogP contribution in [-0.2, 0) is 10.0 Å². The van der Waals surface area contributed by atoms with Crippen LogP contribution in [0.1, 0.15) is 21.8 Å². The number of benzene rings is 1. The molecule has 1 saturated heterocycles. The standard InChI is InChI=1S/C17H21N3O5S/c1-12-16(13(2)25-18-12)17(21)19-8-10-20(11-9-19)26(22,23)15-6-4-14(24-3)5-7-15/h4-7H,8-11H2,1-3H3. The smallest absolute Gasteiger partial charge is 0.259 e. The van der Waals surface area contributed by atoms with E-state index < -0.39 is 10.0 Å². The van der Waals surface area contributed by atoms with Crippen LogP contribution >= 0.6 is 0 Å². The molecule has 3 rings (SSSR count). The van der Waals surface area contributed by atoms with E-state index in [2.05, 4.69) is 5.16 Å². The average molecular weight is 379 g/mol. The Hall–Kier alpha value is -2.39. The number of carbonyl (C=O) groups is 1. The first kappa shape index (κ1) is 18.4. The maximum absolute atomic E-state index is 12.8. The van der Waals surface area contributed by atoms with Crippen LogP contribution in [0.2, 0.25) is 0 Å². The molecule has 1 aromatic heterocycles. The highest BCUT2D eigenvalue weighted by molar-refractivity contribution is 7.89. The van der Waals surface area contributed by atoms with Gasteiger partial charge in [0.05, 0.1) is 17.7 Å². The summed E-state index contributed by atoms with van der Waals surface area (Å²) >= 11 is 0. The van der Waals surface area contributed by atoms with Gasteiger partial charge in [0, 0.05) is 26.2 Å². The van der Waals surface area contributed by atoms with Gasteiger partial charge >= 0.3 is 0 Å². The SMILES string of the molecule is COc1ccc(S(=O)(=O)N2CCN(C(=O)c3c(C)noc3C)CC2)cc1. The Bertz CT molecular complexity index is 877. The summed E-state index contributed by atoms with van der Waals surface area (Å²) in [5, 5.41) is 3.80. The molecule has 26 heavy (non-hydrogen) atoms. The largest absolute Gasteiger partial charge is 0.497 e. The number of aryl methyl sites for hydroxylation is 2. The van der Waals surface area contributed by atoms with Gasteiger partial charge in [-0.15, -0.1) is 0 Å². The first-order chi connectivity index (χ1) is 12.3. The number of hydrogen-bond donors (Lipinski definition) is 0. The van der Waals surface area contributed by atoms with Crippen LogP contribution in [0.5, 0.6) is 5.75 Å². The van der Waals surface area contributed by atoms with Crippen molar-refractivity contribution in [1.29, 1.82) is 0 Å². The number of sulfonamides is 1. The first-order valence-electron chi connectivity index (χ1n) is 8.21. The fourth-order valence-electron chi connectivity index (χ4n) is 2.97. The third-order valence-electron chi connectivity index (χ3n) is 4.47. The van der Waals surface area contributed by atoms with Gasteiger partial charge < -0.3 is 14.2 Å². The van der Waals surface area contributed by atoms with Crippen molar-refractivity contribution in [3.63, 3.8) is 0 Å². The fraction of sp³-hybridized carbons (Fsp3) is 0.412. The zero-order valence-electron chi connectivity index (χ0n) is 14.9. The van der Waals surface area contributed by atoms with Crippen LogP contribution in [0.3, 0.4) is 0 Å². The van der Waals surface area contributed by atoms with Crippen molar-refractivity contribution in [3.8, 4) is 5.75 Å². The summed E-state index contributed by atoms with van der Waals surface area (Å²) in [6.45, 7) is 4.52. The number of nitrogens with zero attached hydrogens (tertiary/aromatic N) is 3. The Kier molecular flexibility index (Phi) is 5.01. The van der Waals surface area contributed by atoms with Gasteiger partial charge in [-0.3, -0.25) is 4.79 Å². The molecule has 9 heteroatoms. The van der Waals surface area contributed by atoms with Gasteiger partial charge in [-0.1, -0.05) is 5.16 Å². The fourth-order valence-corrected chi connectivity index (χ4v) is 4.40. The lowest BCUT2D eigenvalue weighted by Gasteiger charge is -2.34. The van der Waals surface area contributed by atoms with E-state index in [0.717, 1.165) is 0 Å². The lowest BCUT2D eigenvalue weighted by atomic mass is 10.1. The number of piperazine rings is 1. The second-order valence-electron chi connectivity index (χ2n) is 6.07. The molecule has 8 nitrogen and oxygen atoms in total. The summed E-state index contributed by atoms with van der Waals surface area (Å²) in [6.07, 6.45) is 0. The van der Waals surface area contributed by atoms with Crippen LogP contribution in [0, 0.1) is 13.8 Å². The Morgan fingerprint density at radius 2 is 1.73 bits per heavy atom. The highest BCUT2D eigenvalue weighted by Gasteiger charge is 2.32. The van der Waals surface area contributed by atoms with Gasteiger partial charge in [-0.2, -0.15) is 4.31 Å². The minimum atomic E-state index is -3.60. The van der Waals surface area contributed by atoms with E-state index in [0.29, 0.717) is 35.9 Å². The lowest BCUT2D eigenvalue weighted by Crippen LogP contribution is -2.50. The highest BCUT2D eigenvalue weighted by atomic mass is 32.2. The summed E-state index contributed by atoms with van der Waals surface area (Å²) in [5.74, 6) is 0.891. The summed E-state index contributed by atoms with van der Waals surface area (Å²) in [7, 11) is -2.07. The second-order valence-corrected chi connectivity index (χ2v) is 8.01. The number of ether oxygens (including phenoxy) is 1. The van der Waals surface area contributed by atoms with Crippen molar-refractivity contribution < 1.29 is 22.5 Å². The minimum Gasteiger partial charge on any atom is -0.497 e. The number of aromatic nitrogens is 1. The van der Waals surface area contributed by atoms with Gasteiger partial charge in [-0.05, 0) is 38.1 Å². The molecule has 0 bridgehead atoms. The van der Waals surface area contributed by atoms with Gasteiger partial charge in [-0.25, -0.2) is 8.42 Å². The Labute approximate surface area is 152 Å². The van der Waals surface area contributed by atoms with E-state index in [1.165, 1.54) is 23.5 Å². The normalized spacial score (nSPS) is 15.9. The molecule has 1 aromatic carbocycles. The number of carbonyl (C=O) groups excluding carboxylic acids is 1. The topological polar surface area (TPSA) is 93.0 Å². The van der Waals surface area contributed by atoms with Crippen molar-refractivity contribution in [3.05, 3.63) is 41.3 Å². The molecule has 1 amide bonds. The molecule has 0 spiro atoms. The number of hydrogen-bond acceptors (Lipinski definition) is 6. The van der Waals surface area contributed by atoms with Crippen LogP contribution in [0.15, 0.2) is 33.7 Å². The molecule has 0 saturated carbocycles. The molecule has 1 fully saturated rings. The van der Waals surface area contributed by atoms with Crippen molar-refractivity contribution in [2.75, 3.05) is 33.3 Å². The molecular formula is C17H21N3O5S. The van der Waals surface area contributed by atoms with Gasteiger partial charge in [0.25, 0.3) is 5.91 Å². The molecule has 0 radical (unpaired) electrons. The molecule has 0 aliphatic carbocycles. The van der Waals surface area contributed by atoms with Crippen molar-refractivity contribution in [2.24, 2.45) is 0 Å². The molecule has 2 aromatic rings. The second kappa shape index (κ2) is 7.08. The average Bonchev–Trinajstić information content (AvgIpc) is 2.99. The third kappa shape index (κ3) is 3.32. The van der Waals surface area contributed by atoms with Crippen LogP contribution in [0.4, 0.5) is 0 Å². The maximum Gasteiger partial charge on any atom is 0.259 e. The van der Waals surface area contributed by atoms with E-state index in [4.69, 9.17) is 9.26 Å². The maximum atomic E-state index is 12.8. The van der Waals surface area contributed by atoms with Crippen LogP contribution in [-0.4, -0.2) is 62.0 Å². The van der Waals surface area contributed by atoms with Crippen LogP contribution < -0.4 is 4.74 Å². The first-order valence-corrected chi connectivity index (χ1v) is 9.65. The van der Waals surface area contributed by atoms with Gasteiger partial charge in [0.1, 0.15) is 17.1 Å². The summed E-state index contributed by atoms with van der Waals surface area (Å²) in [5.41, 5.74) is 0.997. The number of methoxy groups -OCH3 is 1. The predicted molar refractivity (Wildman–Crippen MR) is 93.6 cm³/mol. The van der Waals surface area contributed by atoms with Crippen LogP contribution in [0.25, 0.3) is 0 Å². The van der Waals surface area contributed by atoms with Crippen molar-refractivity contribution in [2.45, 2.75) is 18.7 Å². The Morgan fingerprint density at radius 3 is 2.23 bits per heavy atom. The van der Waals surface area contributed by atoms with Gasteiger partial charge in [0.15, 0.2) is 0 Å². The molecule has 1 aliphatic heterocycles.